The molecule has 0 atom stereocenters. The smallest absolute Gasteiger partial charge is 0.308 e. The van der Waals surface area contributed by atoms with Gasteiger partial charge in [0.15, 0.2) is 0 Å². The molecule has 0 aliphatic rings. The molecule has 17 heavy (non-hydrogen) atoms. The molecule has 0 saturated carbocycles. The summed E-state index contributed by atoms with van der Waals surface area (Å²) in [6.45, 7) is 7.54. The summed E-state index contributed by atoms with van der Waals surface area (Å²) in [6.07, 6.45) is 5.60. The minimum Gasteiger partial charge on any atom is -0.465 e. The van der Waals surface area contributed by atoms with Crippen molar-refractivity contribution in [2.75, 3.05) is 6.61 Å². The lowest BCUT2D eigenvalue weighted by molar-refractivity contribution is -0.147. The van der Waals surface area contributed by atoms with E-state index in [2.05, 4.69) is 11.9 Å². The van der Waals surface area contributed by atoms with Gasteiger partial charge in [0, 0.05) is 6.42 Å². The number of hydrogen-bond donors (Lipinski definition) is 1. The molecule has 0 unspecified atom stereocenters. The normalized spacial score (nSPS) is 10.1. The molecule has 0 aromatic heterocycles. The first-order valence-corrected chi connectivity index (χ1v) is 6.14. The van der Waals surface area contributed by atoms with Gasteiger partial charge in [-0.1, -0.05) is 33.3 Å². The van der Waals surface area contributed by atoms with Crippen molar-refractivity contribution in [3.63, 3.8) is 0 Å². The monoisotopic (exact) mass is 241 g/mol. The zero-order chi connectivity index (χ0) is 13.1. The molecular formula is C13H23NO3. The molecular weight excluding hydrogens is 218 g/mol. The summed E-state index contributed by atoms with van der Waals surface area (Å²) in [6, 6.07) is 0. The van der Waals surface area contributed by atoms with Crippen LogP contribution < -0.4 is 5.32 Å². The maximum Gasteiger partial charge on any atom is 0.308 e. The molecule has 1 amide bonds. The zero-order valence-corrected chi connectivity index (χ0v) is 10.8. The fraction of sp³-hybridized carbons (Fsp3) is 0.692. The predicted molar refractivity (Wildman–Crippen MR) is 67.2 cm³/mol. The van der Waals surface area contributed by atoms with Crippen molar-refractivity contribution in [2.45, 2.75) is 46.0 Å². The molecule has 4 heteroatoms. The Morgan fingerprint density at radius 1 is 1.24 bits per heavy atom. The van der Waals surface area contributed by atoms with E-state index in [1.807, 2.05) is 13.8 Å². The van der Waals surface area contributed by atoms with Gasteiger partial charge in [0.05, 0.1) is 12.5 Å². The Morgan fingerprint density at radius 3 is 2.47 bits per heavy atom. The molecule has 1 N–H and O–H groups in total. The van der Waals surface area contributed by atoms with Crippen LogP contribution in [-0.2, 0) is 14.3 Å². The van der Waals surface area contributed by atoms with Crippen molar-refractivity contribution in [3.8, 4) is 0 Å². The van der Waals surface area contributed by atoms with Crippen LogP contribution in [0, 0.1) is 5.92 Å². The topological polar surface area (TPSA) is 55.4 Å². The van der Waals surface area contributed by atoms with Gasteiger partial charge < -0.3 is 10.1 Å². The van der Waals surface area contributed by atoms with Gasteiger partial charge in [-0.05, 0) is 19.0 Å². The van der Waals surface area contributed by atoms with E-state index in [4.69, 9.17) is 4.74 Å². The molecule has 0 saturated heterocycles. The van der Waals surface area contributed by atoms with E-state index in [-0.39, 0.29) is 17.8 Å². The van der Waals surface area contributed by atoms with Gasteiger partial charge in [-0.3, -0.25) is 9.59 Å². The first-order chi connectivity index (χ1) is 8.07. The van der Waals surface area contributed by atoms with Crippen LogP contribution in [0.1, 0.15) is 46.0 Å². The first kappa shape index (κ1) is 15.7. The van der Waals surface area contributed by atoms with Crippen molar-refractivity contribution >= 4 is 11.9 Å². The minimum atomic E-state index is -0.143. The van der Waals surface area contributed by atoms with Crippen LogP contribution in [0.5, 0.6) is 0 Å². The van der Waals surface area contributed by atoms with Gasteiger partial charge in [0.2, 0.25) is 5.91 Å². The maximum atomic E-state index is 11.1. The summed E-state index contributed by atoms with van der Waals surface area (Å²) >= 11 is 0. The summed E-state index contributed by atoms with van der Waals surface area (Å²) in [5, 5.41) is 2.53. The van der Waals surface area contributed by atoms with Crippen LogP contribution in [0.2, 0.25) is 0 Å². The zero-order valence-electron chi connectivity index (χ0n) is 10.8. The van der Waals surface area contributed by atoms with Crippen molar-refractivity contribution in [1.82, 2.24) is 5.32 Å². The highest BCUT2D eigenvalue weighted by atomic mass is 16.5. The van der Waals surface area contributed by atoms with Crippen molar-refractivity contribution in [2.24, 2.45) is 5.92 Å². The SMILES string of the molecule is C=CNC(=O)CCCCCCOC(=O)C(C)C. The highest BCUT2D eigenvalue weighted by Crippen LogP contribution is 2.04. The third-order valence-electron chi connectivity index (χ3n) is 2.28. The number of unbranched alkanes of at least 4 members (excludes halogenated alkanes) is 3. The minimum absolute atomic E-state index is 0.00577. The van der Waals surface area contributed by atoms with Crippen molar-refractivity contribution in [3.05, 3.63) is 12.8 Å². The second kappa shape index (κ2) is 9.87. The van der Waals surface area contributed by atoms with Gasteiger partial charge in [0.25, 0.3) is 0 Å². The summed E-state index contributed by atoms with van der Waals surface area (Å²) < 4.78 is 5.04. The Labute approximate surface area is 103 Å². The summed E-state index contributed by atoms with van der Waals surface area (Å²) in [5.41, 5.74) is 0. The molecule has 0 aromatic carbocycles. The van der Waals surface area contributed by atoms with E-state index in [9.17, 15) is 9.59 Å². The van der Waals surface area contributed by atoms with Gasteiger partial charge in [0.1, 0.15) is 0 Å². The van der Waals surface area contributed by atoms with Gasteiger partial charge >= 0.3 is 5.97 Å². The van der Waals surface area contributed by atoms with Crippen LogP contribution in [0.25, 0.3) is 0 Å². The van der Waals surface area contributed by atoms with E-state index in [1.165, 1.54) is 6.20 Å². The van der Waals surface area contributed by atoms with Crippen LogP contribution in [0.15, 0.2) is 12.8 Å². The second-order valence-electron chi connectivity index (χ2n) is 4.26. The van der Waals surface area contributed by atoms with E-state index < -0.39 is 0 Å². The molecule has 0 aliphatic carbocycles. The highest BCUT2D eigenvalue weighted by Gasteiger charge is 2.07. The molecule has 4 nitrogen and oxygen atoms in total. The van der Waals surface area contributed by atoms with Crippen molar-refractivity contribution < 1.29 is 14.3 Å². The highest BCUT2D eigenvalue weighted by molar-refractivity contribution is 5.76. The molecule has 98 valence electrons. The molecule has 0 aromatic rings. The third kappa shape index (κ3) is 9.60. The number of rotatable bonds is 9. The van der Waals surface area contributed by atoms with Gasteiger partial charge in [-0.25, -0.2) is 0 Å². The number of hydrogen-bond acceptors (Lipinski definition) is 3. The van der Waals surface area contributed by atoms with E-state index in [0.717, 1.165) is 25.7 Å². The number of ether oxygens (including phenoxy) is 1. The van der Waals surface area contributed by atoms with Gasteiger partial charge in [-0.15, -0.1) is 0 Å². The Morgan fingerprint density at radius 2 is 1.88 bits per heavy atom. The maximum absolute atomic E-state index is 11.1. The Balaban J connectivity index is 3.27. The molecule has 0 rings (SSSR count). The Hall–Kier alpha value is -1.32. The van der Waals surface area contributed by atoms with E-state index >= 15 is 0 Å². The van der Waals surface area contributed by atoms with Gasteiger partial charge in [-0.2, -0.15) is 0 Å². The molecule has 0 heterocycles. The molecule has 0 spiro atoms. The first-order valence-electron chi connectivity index (χ1n) is 6.14. The lowest BCUT2D eigenvalue weighted by Crippen LogP contribution is -2.15. The molecule has 0 radical (unpaired) electrons. The van der Waals surface area contributed by atoms with Crippen LogP contribution in [-0.4, -0.2) is 18.5 Å². The average molecular weight is 241 g/mol. The number of esters is 1. The second-order valence-corrected chi connectivity index (χ2v) is 4.26. The fourth-order valence-electron chi connectivity index (χ4n) is 1.27. The lowest BCUT2D eigenvalue weighted by Gasteiger charge is -2.06. The number of nitrogens with one attached hydrogen (secondary N) is 1. The lowest BCUT2D eigenvalue weighted by atomic mass is 10.1. The third-order valence-corrected chi connectivity index (χ3v) is 2.28. The van der Waals surface area contributed by atoms with Crippen molar-refractivity contribution in [1.29, 1.82) is 0 Å². The summed E-state index contributed by atoms with van der Waals surface area (Å²) in [7, 11) is 0. The molecule has 0 fully saturated rings. The molecule has 0 aliphatic heterocycles. The summed E-state index contributed by atoms with van der Waals surface area (Å²) in [4.78, 5) is 22.2. The van der Waals surface area contributed by atoms with Crippen LogP contribution in [0.3, 0.4) is 0 Å². The number of carbonyl (C=O) groups excluding carboxylic acids is 2. The fourth-order valence-corrected chi connectivity index (χ4v) is 1.27. The standard InChI is InChI=1S/C13H23NO3/c1-4-14-12(15)9-7-5-6-8-10-17-13(16)11(2)3/h4,11H,1,5-10H2,2-3H3,(H,14,15). The predicted octanol–water partition coefficient (Wildman–Crippen LogP) is 2.40. The van der Waals surface area contributed by atoms with E-state index in [1.54, 1.807) is 0 Å². The average Bonchev–Trinajstić information content (AvgIpc) is 2.27. The number of amides is 1. The largest absolute Gasteiger partial charge is 0.465 e. The summed E-state index contributed by atoms with van der Waals surface area (Å²) in [5.74, 6) is -0.195. The molecule has 0 bridgehead atoms. The quantitative estimate of drug-likeness (QED) is 0.498. The Kier molecular flexibility index (Phi) is 9.11. The Bertz CT molecular complexity index is 249. The number of carbonyl (C=O) groups is 2. The van der Waals surface area contributed by atoms with Crippen LogP contribution in [0.4, 0.5) is 0 Å². The van der Waals surface area contributed by atoms with Crippen LogP contribution >= 0.6 is 0 Å². The van der Waals surface area contributed by atoms with E-state index in [0.29, 0.717) is 13.0 Å².